The van der Waals surface area contributed by atoms with Gasteiger partial charge in [0.1, 0.15) is 17.7 Å². The van der Waals surface area contributed by atoms with Crippen LogP contribution in [0.25, 0.3) is 6.08 Å². The van der Waals surface area contributed by atoms with E-state index in [1.165, 1.54) is 4.90 Å². The smallest absolute Gasteiger partial charge is 0.408 e. The summed E-state index contributed by atoms with van der Waals surface area (Å²) in [5, 5.41) is 5.50. The number of nitrogens with one attached hydrogen (secondary N) is 2. The first-order chi connectivity index (χ1) is 17.8. The zero-order valence-electron chi connectivity index (χ0n) is 24.0. The van der Waals surface area contributed by atoms with Crippen LogP contribution >= 0.6 is 0 Å². The fourth-order valence-electron chi connectivity index (χ4n) is 3.77. The lowest BCUT2D eigenvalue weighted by atomic mass is 9.97. The van der Waals surface area contributed by atoms with Gasteiger partial charge in [0.25, 0.3) is 0 Å². The first kappa shape index (κ1) is 32.7. The molecule has 0 bridgehead atoms. The summed E-state index contributed by atoms with van der Waals surface area (Å²) < 4.78 is 10.3. The maximum atomic E-state index is 14.0. The zero-order valence-corrected chi connectivity index (χ0v) is 24.0. The summed E-state index contributed by atoms with van der Waals surface area (Å²) in [6.07, 6.45) is 2.41. The molecule has 1 aromatic carbocycles. The molecule has 0 heterocycles. The van der Waals surface area contributed by atoms with Crippen molar-refractivity contribution in [3.63, 3.8) is 0 Å². The summed E-state index contributed by atoms with van der Waals surface area (Å²) in [6.45, 7) is 17.0. The minimum atomic E-state index is -0.988. The lowest BCUT2D eigenvalue weighted by molar-refractivity contribution is -0.144. The lowest BCUT2D eigenvalue weighted by Gasteiger charge is -2.35. The molecule has 0 aliphatic heterocycles. The predicted octanol–water partition coefficient (Wildman–Crippen LogP) is 4.62. The predicted molar refractivity (Wildman–Crippen MR) is 148 cm³/mol. The normalized spacial score (nSPS) is 12.7. The Labute approximate surface area is 227 Å². The number of unbranched alkanes of at least 4 members (excludes halogenated alkanes) is 1. The Bertz CT molecular complexity index is 954. The molecule has 0 aliphatic carbocycles. The van der Waals surface area contributed by atoms with Crippen LogP contribution in [-0.4, -0.2) is 60.1 Å². The maximum Gasteiger partial charge on any atom is 0.408 e. The lowest BCUT2D eigenvalue weighted by Crippen LogP contribution is -2.55. The number of carbonyl (C=O) groups is 4. The van der Waals surface area contributed by atoms with Crippen LogP contribution in [0.15, 0.2) is 30.8 Å². The second kappa shape index (κ2) is 15.8. The molecule has 2 N–H and O–H groups in total. The number of benzene rings is 1. The third-order valence-corrected chi connectivity index (χ3v) is 5.60. The van der Waals surface area contributed by atoms with Gasteiger partial charge in [0, 0.05) is 13.1 Å². The standard InChI is InChI=1S/C29H45N3O6/c1-9-12-18-32(27(35)24(20(4)5)31-28(36)38-29(6,7)8)25(22-15-13-14-21(10-2)19-22)26(34)30-17-16-23(33)37-11-3/h10,13-15,19-20,24-25H,2,9,11-12,16-18H2,1,3-8H3,(H,30,34)(H,31,36). The van der Waals surface area contributed by atoms with Gasteiger partial charge in [-0.05, 0) is 57.2 Å². The van der Waals surface area contributed by atoms with Crippen molar-refractivity contribution < 1.29 is 28.7 Å². The molecule has 0 spiro atoms. The van der Waals surface area contributed by atoms with Gasteiger partial charge in [0.05, 0.1) is 13.0 Å². The fraction of sp³-hybridized carbons (Fsp3) is 0.586. The fourth-order valence-corrected chi connectivity index (χ4v) is 3.77. The van der Waals surface area contributed by atoms with Crippen molar-refractivity contribution in [3.8, 4) is 0 Å². The van der Waals surface area contributed by atoms with Gasteiger partial charge in [-0.1, -0.05) is 58.0 Å². The van der Waals surface area contributed by atoms with Crippen molar-refractivity contribution in [2.45, 2.75) is 85.4 Å². The third kappa shape index (κ3) is 10.9. The van der Waals surface area contributed by atoms with Crippen molar-refractivity contribution in [1.29, 1.82) is 0 Å². The molecule has 9 nitrogen and oxygen atoms in total. The van der Waals surface area contributed by atoms with Crippen LogP contribution in [0.1, 0.15) is 84.9 Å². The number of ether oxygens (including phenoxy) is 2. The maximum absolute atomic E-state index is 14.0. The molecular weight excluding hydrogens is 486 g/mol. The van der Waals surface area contributed by atoms with Gasteiger partial charge in [-0.15, -0.1) is 0 Å². The van der Waals surface area contributed by atoms with E-state index in [9.17, 15) is 19.2 Å². The van der Waals surface area contributed by atoms with Crippen molar-refractivity contribution in [1.82, 2.24) is 15.5 Å². The number of esters is 1. The van der Waals surface area contributed by atoms with Crippen LogP contribution in [-0.2, 0) is 23.9 Å². The molecule has 212 valence electrons. The second-order valence-corrected chi connectivity index (χ2v) is 10.4. The van der Waals surface area contributed by atoms with Gasteiger partial charge >= 0.3 is 12.1 Å². The summed E-state index contributed by atoms with van der Waals surface area (Å²) in [5.41, 5.74) is 0.658. The molecule has 3 amide bonds. The van der Waals surface area contributed by atoms with Gasteiger partial charge < -0.3 is 25.0 Å². The molecular formula is C29H45N3O6. The molecule has 0 radical (unpaired) electrons. The number of hydrogen-bond acceptors (Lipinski definition) is 6. The van der Waals surface area contributed by atoms with E-state index in [-0.39, 0.29) is 25.5 Å². The van der Waals surface area contributed by atoms with Crippen LogP contribution in [0.3, 0.4) is 0 Å². The largest absolute Gasteiger partial charge is 0.466 e. The van der Waals surface area contributed by atoms with Gasteiger partial charge in [-0.25, -0.2) is 4.79 Å². The molecule has 1 aromatic rings. The molecule has 9 heteroatoms. The zero-order chi connectivity index (χ0) is 28.9. The van der Waals surface area contributed by atoms with Crippen molar-refractivity contribution in [3.05, 3.63) is 42.0 Å². The monoisotopic (exact) mass is 531 g/mol. The summed E-state index contributed by atoms with van der Waals surface area (Å²) in [5.74, 6) is -1.52. The van der Waals surface area contributed by atoms with E-state index >= 15 is 0 Å². The van der Waals surface area contributed by atoms with Crippen molar-refractivity contribution >= 4 is 30.0 Å². The molecule has 0 saturated carbocycles. The highest BCUT2D eigenvalue weighted by Crippen LogP contribution is 2.26. The van der Waals surface area contributed by atoms with Crippen LogP contribution < -0.4 is 10.6 Å². The molecule has 0 fully saturated rings. The van der Waals surface area contributed by atoms with E-state index in [0.29, 0.717) is 18.5 Å². The van der Waals surface area contributed by atoms with E-state index in [4.69, 9.17) is 9.47 Å². The number of carbonyl (C=O) groups excluding carboxylic acids is 4. The Balaban J connectivity index is 3.42. The number of amides is 3. The van der Waals surface area contributed by atoms with Gasteiger partial charge in [0.15, 0.2) is 0 Å². The average molecular weight is 532 g/mol. The van der Waals surface area contributed by atoms with Crippen LogP contribution in [0.4, 0.5) is 4.79 Å². The molecule has 0 saturated heterocycles. The van der Waals surface area contributed by atoms with E-state index < -0.39 is 41.6 Å². The van der Waals surface area contributed by atoms with E-state index in [0.717, 1.165) is 12.0 Å². The number of alkyl carbamates (subject to hydrolysis) is 1. The third-order valence-electron chi connectivity index (χ3n) is 5.60. The quantitative estimate of drug-likeness (QED) is 0.339. The average Bonchev–Trinajstić information content (AvgIpc) is 2.83. The highest BCUT2D eigenvalue weighted by atomic mass is 16.6. The first-order valence-corrected chi connectivity index (χ1v) is 13.3. The minimum absolute atomic E-state index is 0.0106. The highest BCUT2D eigenvalue weighted by Gasteiger charge is 2.37. The summed E-state index contributed by atoms with van der Waals surface area (Å²) in [7, 11) is 0. The summed E-state index contributed by atoms with van der Waals surface area (Å²) in [6, 6.07) is 5.33. The van der Waals surface area contributed by atoms with E-state index in [1.54, 1.807) is 52.0 Å². The Hall–Kier alpha value is -3.36. The molecule has 38 heavy (non-hydrogen) atoms. The SMILES string of the molecule is C=Cc1cccc(C(C(=O)NCCC(=O)OCC)N(CCCC)C(=O)C(NC(=O)OC(C)(C)C)C(C)C)c1. The number of hydrogen-bond donors (Lipinski definition) is 2. The van der Waals surface area contributed by atoms with Crippen molar-refractivity contribution in [2.24, 2.45) is 5.92 Å². The number of rotatable bonds is 14. The van der Waals surface area contributed by atoms with E-state index in [1.807, 2.05) is 26.8 Å². The Kier molecular flexibility index (Phi) is 13.6. The Morgan fingerprint density at radius 3 is 2.37 bits per heavy atom. The topological polar surface area (TPSA) is 114 Å². The van der Waals surface area contributed by atoms with Crippen LogP contribution in [0, 0.1) is 5.92 Å². The summed E-state index contributed by atoms with van der Waals surface area (Å²) in [4.78, 5) is 53.5. The van der Waals surface area contributed by atoms with Crippen LogP contribution in [0.2, 0.25) is 0 Å². The van der Waals surface area contributed by atoms with Gasteiger partial charge in [0.2, 0.25) is 11.8 Å². The Morgan fingerprint density at radius 1 is 1.13 bits per heavy atom. The van der Waals surface area contributed by atoms with Gasteiger partial charge in [-0.3, -0.25) is 14.4 Å². The molecule has 1 rings (SSSR count). The molecule has 2 atom stereocenters. The summed E-state index contributed by atoms with van der Waals surface area (Å²) >= 11 is 0. The molecule has 0 aliphatic rings. The first-order valence-electron chi connectivity index (χ1n) is 13.3. The second-order valence-electron chi connectivity index (χ2n) is 10.4. The highest BCUT2D eigenvalue weighted by molar-refractivity contribution is 5.92. The molecule has 2 unspecified atom stereocenters. The number of nitrogens with zero attached hydrogens (tertiary/aromatic N) is 1. The van der Waals surface area contributed by atoms with Crippen LogP contribution in [0.5, 0.6) is 0 Å². The van der Waals surface area contributed by atoms with Crippen molar-refractivity contribution in [2.75, 3.05) is 19.7 Å². The molecule has 0 aromatic heterocycles. The van der Waals surface area contributed by atoms with Gasteiger partial charge in [-0.2, -0.15) is 0 Å². The van der Waals surface area contributed by atoms with E-state index in [2.05, 4.69) is 17.2 Å². The Morgan fingerprint density at radius 2 is 1.82 bits per heavy atom. The minimum Gasteiger partial charge on any atom is -0.466 e.